The highest BCUT2D eigenvalue weighted by Gasteiger charge is 2.14. The zero-order valence-electron chi connectivity index (χ0n) is 11.1. The molecule has 1 atom stereocenters. The van der Waals surface area contributed by atoms with Crippen molar-refractivity contribution in [2.75, 3.05) is 12.3 Å². The Morgan fingerprint density at radius 2 is 2.06 bits per heavy atom. The molecule has 1 aromatic carbocycles. The van der Waals surface area contributed by atoms with E-state index in [4.69, 9.17) is 5.73 Å². The summed E-state index contributed by atoms with van der Waals surface area (Å²) in [6.45, 7) is 5.07. The third-order valence-corrected chi connectivity index (χ3v) is 4.98. The third-order valence-electron chi connectivity index (χ3n) is 3.04. The molecule has 0 bridgehead atoms. The van der Waals surface area contributed by atoms with Gasteiger partial charge in [-0.25, -0.2) is 0 Å². The first-order chi connectivity index (χ1) is 8.44. The van der Waals surface area contributed by atoms with Gasteiger partial charge in [-0.15, -0.1) is 0 Å². The molecule has 1 rings (SSSR count). The lowest BCUT2D eigenvalue weighted by atomic mass is 9.88. The normalized spacial score (nSPS) is 13.6. The smallest absolute Gasteiger partial charge is 0.0529 e. The number of rotatable bonds is 7. The molecule has 0 heterocycles. The van der Waals surface area contributed by atoms with E-state index in [-0.39, 0.29) is 5.41 Å². The maximum Gasteiger partial charge on any atom is 0.0529 e. The summed E-state index contributed by atoms with van der Waals surface area (Å²) >= 11 is 3.40. The summed E-state index contributed by atoms with van der Waals surface area (Å²) < 4.78 is 13.0. The fourth-order valence-corrected chi connectivity index (χ4v) is 3.41. The van der Waals surface area contributed by atoms with Crippen LogP contribution < -0.4 is 5.73 Å². The molecular formula is C14H22BrNOS. The van der Waals surface area contributed by atoms with Crippen LogP contribution in [-0.4, -0.2) is 16.5 Å². The lowest BCUT2D eigenvalue weighted by Gasteiger charge is -2.21. The van der Waals surface area contributed by atoms with Gasteiger partial charge in [0.2, 0.25) is 0 Å². The molecular weight excluding hydrogens is 310 g/mol. The van der Waals surface area contributed by atoms with Crippen molar-refractivity contribution in [3.8, 4) is 0 Å². The summed E-state index contributed by atoms with van der Waals surface area (Å²) in [5, 5.41) is 0. The van der Waals surface area contributed by atoms with Crippen LogP contribution >= 0.6 is 15.9 Å². The summed E-state index contributed by atoms with van der Waals surface area (Å²) in [5.41, 5.74) is 5.90. The number of benzene rings is 1. The van der Waals surface area contributed by atoms with Crippen LogP contribution in [0, 0.1) is 5.41 Å². The Hall–Kier alpha value is -0.190. The van der Waals surface area contributed by atoms with Gasteiger partial charge in [0, 0.05) is 15.1 Å². The molecule has 0 aliphatic carbocycles. The first kappa shape index (κ1) is 15.9. The Balaban J connectivity index is 2.34. The van der Waals surface area contributed by atoms with Gasteiger partial charge in [0.15, 0.2) is 0 Å². The summed E-state index contributed by atoms with van der Waals surface area (Å²) in [6, 6.07) is 7.73. The van der Waals surface area contributed by atoms with Gasteiger partial charge in [-0.05, 0) is 43.0 Å². The molecule has 2 N–H and O–H groups in total. The molecule has 0 aliphatic heterocycles. The Labute approximate surface area is 121 Å². The fraction of sp³-hybridized carbons (Fsp3) is 0.571. The first-order valence-corrected chi connectivity index (χ1v) is 8.40. The van der Waals surface area contributed by atoms with Crippen LogP contribution in [0.3, 0.4) is 0 Å². The van der Waals surface area contributed by atoms with E-state index in [0.717, 1.165) is 34.4 Å². The zero-order chi connectivity index (χ0) is 13.6. The molecule has 4 heteroatoms. The minimum atomic E-state index is -0.885. The second-order valence-electron chi connectivity index (χ2n) is 5.33. The van der Waals surface area contributed by atoms with E-state index in [1.165, 1.54) is 0 Å². The fourth-order valence-electron chi connectivity index (χ4n) is 1.67. The number of nitrogens with two attached hydrogens (primary N) is 1. The Morgan fingerprint density at radius 1 is 1.33 bits per heavy atom. The SMILES string of the molecule is CC(C)(CN)CCCCS(=O)c1cccc(Br)c1. The highest BCUT2D eigenvalue weighted by molar-refractivity contribution is 9.10. The van der Waals surface area contributed by atoms with E-state index >= 15 is 0 Å². The minimum Gasteiger partial charge on any atom is -0.330 e. The highest BCUT2D eigenvalue weighted by atomic mass is 79.9. The van der Waals surface area contributed by atoms with Crippen LogP contribution in [0.2, 0.25) is 0 Å². The van der Waals surface area contributed by atoms with Crippen molar-refractivity contribution in [3.63, 3.8) is 0 Å². The van der Waals surface area contributed by atoms with Crippen LogP contribution in [0.5, 0.6) is 0 Å². The van der Waals surface area contributed by atoms with E-state index in [1.54, 1.807) is 0 Å². The highest BCUT2D eigenvalue weighted by Crippen LogP contribution is 2.22. The molecule has 0 amide bonds. The molecule has 0 aromatic heterocycles. The van der Waals surface area contributed by atoms with Gasteiger partial charge in [-0.1, -0.05) is 42.3 Å². The molecule has 0 fully saturated rings. The summed E-state index contributed by atoms with van der Waals surface area (Å²) in [6.07, 6.45) is 3.17. The minimum absolute atomic E-state index is 0.206. The van der Waals surface area contributed by atoms with Crippen LogP contribution in [0.25, 0.3) is 0 Å². The monoisotopic (exact) mass is 331 g/mol. The average molecular weight is 332 g/mol. The van der Waals surface area contributed by atoms with Crippen LogP contribution in [0.1, 0.15) is 33.1 Å². The van der Waals surface area contributed by atoms with Crippen molar-refractivity contribution in [1.29, 1.82) is 0 Å². The quantitative estimate of drug-likeness (QED) is 0.774. The third kappa shape index (κ3) is 5.63. The molecule has 0 aliphatic rings. The standard InChI is InChI=1S/C14H22BrNOS/c1-14(2,11-16)8-3-4-9-18(17)13-7-5-6-12(15)10-13/h5-7,10H,3-4,8-9,11,16H2,1-2H3. The lowest BCUT2D eigenvalue weighted by Crippen LogP contribution is -2.23. The van der Waals surface area contributed by atoms with Crippen LogP contribution in [-0.2, 0) is 10.8 Å². The Bertz CT molecular complexity index is 407. The van der Waals surface area contributed by atoms with Crippen molar-refractivity contribution in [2.24, 2.45) is 11.1 Å². The summed E-state index contributed by atoms with van der Waals surface area (Å²) in [5.74, 6) is 0.733. The Morgan fingerprint density at radius 3 is 2.67 bits per heavy atom. The topological polar surface area (TPSA) is 43.1 Å². The molecule has 102 valence electrons. The number of hydrogen-bond donors (Lipinski definition) is 1. The predicted molar refractivity (Wildman–Crippen MR) is 82.1 cm³/mol. The molecule has 18 heavy (non-hydrogen) atoms. The van der Waals surface area contributed by atoms with Crippen molar-refractivity contribution >= 4 is 26.7 Å². The zero-order valence-corrected chi connectivity index (χ0v) is 13.5. The van der Waals surface area contributed by atoms with E-state index in [1.807, 2.05) is 24.3 Å². The number of halogens is 1. The summed E-state index contributed by atoms with van der Waals surface area (Å²) in [4.78, 5) is 0.905. The van der Waals surface area contributed by atoms with E-state index in [2.05, 4.69) is 29.8 Å². The van der Waals surface area contributed by atoms with Gasteiger partial charge in [0.05, 0.1) is 10.8 Å². The van der Waals surface area contributed by atoms with E-state index in [9.17, 15) is 4.21 Å². The largest absolute Gasteiger partial charge is 0.330 e. The van der Waals surface area contributed by atoms with Crippen LogP contribution in [0.4, 0.5) is 0 Å². The van der Waals surface area contributed by atoms with Gasteiger partial charge >= 0.3 is 0 Å². The van der Waals surface area contributed by atoms with Crippen LogP contribution in [0.15, 0.2) is 33.6 Å². The molecule has 2 nitrogen and oxygen atoms in total. The maximum atomic E-state index is 12.1. The average Bonchev–Trinajstić information content (AvgIpc) is 2.34. The maximum absolute atomic E-state index is 12.1. The number of unbranched alkanes of at least 4 members (excludes halogenated alkanes) is 1. The van der Waals surface area contributed by atoms with Gasteiger partial charge in [0.25, 0.3) is 0 Å². The molecule has 1 aromatic rings. The first-order valence-electron chi connectivity index (χ1n) is 6.29. The molecule has 0 saturated carbocycles. The molecule has 1 unspecified atom stereocenters. The van der Waals surface area contributed by atoms with Gasteiger partial charge in [-0.3, -0.25) is 4.21 Å². The summed E-state index contributed by atoms with van der Waals surface area (Å²) in [7, 11) is -0.885. The Kier molecular flexibility index (Phi) is 6.53. The van der Waals surface area contributed by atoms with E-state index < -0.39 is 10.8 Å². The van der Waals surface area contributed by atoms with Crippen molar-refractivity contribution in [3.05, 3.63) is 28.7 Å². The van der Waals surface area contributed by atoms with Crippen molar-refractivity contribution < 1.29 is 4.21 Å². The molecule has 0 saturated heterocycles. The second kappa shape index (κ2) is 7.41. The van der Waals surface area contributed by atoms with Crippen molar-refractivity contribution in [1.82, 2.24) is 0 Å². The van der Waals surface area contributed by atoms with Gasteiger partial charge in [0.1, 0.15) is 0 Å². The lowest BCUT2D eigenvalue weighted by molar-refractivity contribution is 0.336. The van der Waals surface area contributed by atoms with Gasteiger partial charge in [-0.2, -0.15) is 0 Å². The molecule has 0 radical (unpaired) electrons. The van der Waals surface area contributed by atoms with Crippen molar-refractivity contribution in [2.45, 2.75) is 38.0 Å². The van der Waals surface area contributed by atoms with Gasteiger partial charge < -0.3 is 5.73 Å². The second-order valence-corrected chi connectivity index (χ2v) is 7.82. The number of hydrogen-bond acceptors (Lipinski definition) is 2. The predicted octanol–water partition coefficient (Wildman–Crippen LogP) is 3.71. The molecule has 0 spiro atoms. The van der Waals surface area contributed by atoms with E-state index in [0.29, 0.717) is 6.54 Å².